The van der Waals surface area contributed by atoms with Crippen molar-refractivity contribution in [3.8, 4) is 11.4 Å². The maximum atomic E-state index is 12.7. The fourth-order valence-electron chi connectivity index (χ4n) is 4.28. The molecule has 1 saturated carbocycles. The van der Waals surface area contributed by atoms with Gasteiger partial charge >= 0.3 is 0 Å². The minimum absolute atomic E-state index is 0.252. The molecule has 0 spiro atoms. The number of nitrogens with zero attached hydrogens (tertiary/aromatic N) is 4. The summed E-state index contributed by atoms with van der Waals surface area (Å²) >= 11 is 0. The highest BCUT2D eigenvalue weighted by Crippen LogP contribution is 2.30. The van der Waals surface area contributed by atoms with Crippen LogP contribution in [0.5, 0.6) is 0 Å². The molecule has 2 aromatic rings. The molecular weight excluding hydrogens is 326 g/mol. The van der Waals surface area contributed by atoms with Crippen molar-refractivity contribution in [2.24, 2.45) is 5.92 Å². The first-order chi connectivity index (χ1) is 12.8. The predicted octanol–water partition coefficient (Wildman–Crippen LogP) is 3.54. The number of nitrogens with one attached hydrogen (secondary N) is 1. The molecule has 2 aromatic heterocycles. The predicted molar refractivity (Wildman–Crippen MR) is 99.4 cm³/mol. The summed E-state index contributed by atoms with van der Waals surface area (Å²) in [5, 5.41) is 7.45. The third-order valence-corrected chi connectivity index (χ3v) is 5.79. The second-order valence-electron chi connectivity index (χ2n) is 7.67. The molecule has 0 bridgehead atoms. The smallest absolute Gasteiger partial charge is 0.222 e. The first kappa shape index (κ1) is 17.2. The summed E-state index contributed by atoms with van der Waals surface area (Å²) in [7, 11) is 0. The standard InChI is InChI=1S/C20H27N5O/c26-18(13-15-5-2-1-3-6-15)25-12-4-7-17(14-25)20-22-19(23-24-20)16-8-10-21-11-9-16/h8-11,15,17H,1-7,12-14H2,(H,22,23,24). The Morgan fingerprint density at radius 3 is 2.73 bits per heavy atom. The van der Waals surface area contributed by atoms with Crippen LogP contribution in [0.3, 0.4) is 0 Å². The second-order valence-corrected chi connectivity index (χ2v) is 7.67. The van der Waals surface area contributed by atoms with Gasteiger partial charge in [0.05, 0.1) is 0 Å². The van der Waals surface area contributed by atoms with Crippen molar-refractivity contribution in [3.05, 3.63) is 30.4 Å². The van der Waals surface area contributed by atoms with Crippen LogP contribution in [0.4, 0.5) is 0 Å². The second kappa shape index (κ2) is 7.98. The van der Waals surface area contributed by atoms with E-state index in [-0.39, 0.29) is 5.92 Å². The van der Waals surface area contributed by atoms with Gasteiger partial charge in [-0.15, -0.1) is 0 Å². The number of carbonyl (C=O) groups excluding carboxylic acids is 1. The Morgan fingerprint density at radius 1 is 1.12 bits per heavy atom. The third-order valence-electron chi connectivity index (χ3n) is 5.79. The fourth-order valence-corrected chi connectivity index (χ4v) is 4.28. The lowest BCUT2D eigenvalue weighted by Crippen LogP contribution is -2.40. The van der Waals surface area contributed by atoms with E-state index in [9.17, 15) is 4.79 Å². The zero-order valence-corrected chi connectivity index (χ0v) is 15.2. The van der Waals surface area contributed by atoms with E-state index in [1.54, 1.807) is 12.4 Å². The molecule has 3 heterocycles. The van der Waals surface area contributed by atoms with Crippen LogP contribution in [-0.4, -0.2) is 44.1 Å². The number of likely N-dealkylation sites (tertiary alicyclic amines) is 1. The topological polar surface area (TPSA) is 74.8 Å². The molecule has 1 N–H and O–H groups in total. The van der Waals surface area contributed by atoms with Crippen molar-refractivity contribution in [1.29, 1.82) is 0 Å². The minimum atomic E-state index is 0.252. The first-order valence-electron chi connectivity index (χ1n) is 9.90. The average molecular weight is 353 g/mol. The van der Waals surface area contributed by atoms with Gasteiger partial charge in [0.2, 0.25) is 5.91 Å². The van der Waals surface area contributed by atoms with Crippen LogP contribution in [0.1, 0.15) is 63.1 Å². The number of aromatic nitrogens is 4. The number of pyridine rings is 1. The van der Waals surface area contributed by atoms with Gasteiger partial charge in [-0.05, 0) is 43.7 Å². The summed E-state index contributed by atoms with van der Waals surface area (Å²) in [5.74, 6) is 2.78. The van der Waals surface area contributed by atoms with E-state index in [0.29, 0.717) is 17.6 Å². The molecule has 2 aliphatic rings. The Bertz CT molecular complexity index is 723. The zero-order chi connectivity index (χ0) is 17.8. The summed E-state index contributed by atoms with van der Waals surface area (Å²) in [6, 6.07) is 3.82. The normalized spacial score (nSPS) is 21.7. The molecule has 6 nitrogen and oxygen atoms in total. The van der Waals surface area contributed by atoms with Gasteiger partial charge in [-0.1, -0.05) is 19.3 Å². The van der Waals surface area contributed by atoms with Crippen molar-refractivity contribution < 1.29 is 4.79 Å². The summed E-state index contributed by atoms with van der Waals surface area (Å²) in [6.45, 7) is 1.64. The third kappa shape index (κ3) is 3.94. The van der Waals surface area contributed by atoms with Gasteiger partial charge < -0.3 is 4.90 Å². The number of piperidine rings is 1. The fraction of sp³-hybridized carbons (Fsp3) is 0.600. The van der Waals surface area contributed by atoms with E-state index in [0.717, 1.165) is 43.7 Å². The lowest BCUT2D eigenvalue weighted by Gasteiger charge is -2.33. The number of H-pyrrole nitrogens is 1. The lowest BCUT2D eigenvalue weighted by molar-refractivity contribution is -0.133. The van der Waals surface area contributed by atoms with Crippen molar-refractivity contribution in [2.45, 2.75) is 57.3 Å². The highest BCUT2D eigenvalue weighted by molar-refractivity contribution is 5.76. The number of carbonyl (C=O) groups is 1. The molecule has 26 heavy (non-hydrogen) atoms. The first-order valence-corrected chi connectivity index (χ1v) is 9.90. The molecule has 2 fully saturated rings. The number of amides is 1. The molecule has 1 atom stereocenters. The van der Waals surface area contributed by atoms with Crippen LogP contribution in [0.2, 0.25) is 0 Å². The molecule has 1 aliphatic carbocycles. The van der Waals surface area contributed by atoms with Crippen LogP contribution in [0, 0.1) is 5.92 Å². The molecule has 4 rings (SSSR count). The maximum Gasteiger partial charge on any atom is 0.222 e. The molecular formula is C20H27N5O. The molecule has 0 radical (unpaired) electrons. The van der Waals surface area contributed by atoms with Gasteiger partial charge in [-0.25, -0.2) is 4.98 Å². The Morgan fingerprint density at radius 2 is 1.92 bits per heavy atom. The van der Waals surface area contributed by atoms with Gasteiger partial charge in [0.25, 0.3) is 0 Å². The van der Waals surface area contributed by atoms with Crippen LogP contribution in [0.25, 0.3) is 11.4 Å². The van der Waals surface area contributed by atoms with Crippen LogP contribution >= 0.6 is 0 Å². The van der Waals surface area contributed by atoms with Gasteiger partial charge in [0, 0.05) is 43.4 Å². The molecule has 1 saturated heterocycles. The largest absolute Gasteiger partial charge is 0.342 e. The van der Waals surface area contributed by atoms with Crippen molar-refractivity contribution >= 4 is 5.91 Å². The highest BCUT2D eigenvalue weighted by atomic mass is 16.2. The van der Waals surface area contributed by atoms with Crippen molar-refractivity contribution in [1.82, 2.24) is 25.1 Å². The van der Waals surface area contributed by atoms with E-state index < -0.39 is 0 Å². The Hall–Kier alpha value is -2.24. The Balaban J connectivity index is 1.39. The number of hydrogen-bond donors (Lipinski definition) is 1. The van der Waals surface area contributed by atoms with E-state index in [4.69, 9.17) is 0 Å². The molecule has 1 unspecified atom stereocenters. The number of hydrogen-bond acceptors (Lipinski definition) is 4. The van der Waals surface area contributed by atoms with E-state index >= 15 is 0 Å². The Labute approximate surface area is 154 Å². The van der Waals surface area contributed by atoms with Gasteiger partial charge in [0.1, 0.15) is 5.82 Å². The van der Waals surface area contributed by atoms with Gasteiger partial charge in [-0.3, -0.25) is 14.9 Å². The molecule has 6 heteroatoms. The van der Waals surface area contributed by atoms with Gasteiger partial charge in [-0.2, -0.15) is 5.10 Å². The number of rotatable bonds is 4. The van der Waals surface area contributed by atoms with E-state index in [1.165, 1.54) is 32.1 Å². The SMILES string of the molecule is O=C(CC1CCCCC1)N1CCCC(c2nc(-c3ccncc3)n[nH]2)C1. The molecule has 1 aliphatic heterocycles. The van der Waals surface area contributed by atoms with E-state index in [2.05, 4.69) is 25.1 Å². The highest BCUT2D eigenvalue weighted by Gasteiger charge is 2.28. The monoisotopic (exact) mass is 353 g/mol. The number of aromatic amines is 1. The van der Waals surface area contributed by atoms with E-state index in [1.807, 2.05) is 12.1 Å². The summed E-state index contributed by atoms with van der Waals surface area (Å²) in [6.07, 6.45) is 12.7. The Kier molecular flexibility index (Phi) is 5.27. The van der Waals surface area contributed by atoms with Crippen molar-refractivity contribution in [2.75, 3.05) is 13.1 Å². The lowest BCUT2D eigenvalue weighted by atomic mass is 9.86. The average Bonchev–Trinajstić information content (AvgIpc) is 3.20. The quantitative estimate of drug-likeness (QED) is 0.912. The summed E-state index contributed by atoms with van der Waals surface area (Å²) in [4.78, 5) is 23.5. The molecule has 138 valence electrons. The van der Waals surface area contributed by atoms with Crippen LogP contribution in [-0.2, 0) is 4.79 Å². The van der Waals surface area contributed by atoms with Crippen LogP contribution in [0.15, 0.2) is 24.5 Å². The molecule has 0 aromatic carbocycles. The van der Waals surface area contributed by atoms with Gasteiger partial charge in [0.15, 0.2) is 5.82 Å². The minimum Gasteiger partial charge on any atom is -0.342 e. The van der Waals surface area contributed by atoms with Crippen molar-refractivity contribution in [3.63, 3.8) is 0 Å². The molecule has 1 amide bonds. The van der Waals surface area contributed by atoms with Crippen LogP contribution < -0.4 is 0 Å². The zero-order valence-electron chi connectivity index (χ0n) is 15.2. The summed E-state index contributed by atoms with van der Waals surface area (Å²) < 4.78 is 0. The summed E-state index contributed by atoms with van der Waals surface area (Å²) in [5.41, 5.74) is 0.962. The maximum absolute atomic E-state index is 12.7.